The molecule has 0 N–H and O–H groups in total. The summed E-state index contributed by atoms with van der Waals surface area (Å²) < 4.78 is 5.61. The standard InChI is InChI=1S/C12H12Cl2O2/c13-8-5-6-11(9(14)7-8)16-12-4-2-1-3-10(12)15/h5-7,12H,1-4H2. The smallest absolute Gasteiger partial charge is 0.173 e. The molecule has 0 amide bonds. The normalized spacial score (nSPS) is 20.9. The molecule has 0 aromatic heterocycles. The van der Waals surface area contributed by atoms with Crippen molar-refractivity contribution in [3.05, 3.63) is 28.2 Å². The highest BCUT2D eigenvalue weighted by atomic mass is 35.5. The van der Waals surface area contributed by atoms with Gasteiger partial charge in [0.15, 0.2) is 11.9 Å². The van der Waals surface area contributed by atoms with Gasteiger partial charge in [0.2, 0.25) is 0 Å². The van der Waals surface area contributed by atoms with Crippen molar-refractivity contribution >= 4 is 29.0 Å². The van der Waals surface area contributed by atoms with Crippen LogP contribution < -0.4 is 4.74 Å². The molecule has 0 aliphatic heterocycles. The Balaban J connectivity index is 2.10. The Morgan fingerprint density at radius 2 is 2.06 bits per heavy atom. The van der Waals surface area contributed by atoms with Gasteiger partial charge in [0.1, 0.15) is 5.75 Å². The number of ketones is 1. The number of ether oxygens (including phenoxy) is 1. The molecular formula is C12H12Cl2O2. The van der Waals surface area contributed by atoms with Gasteiger partial charge in [0.05, 0.1) is 5.02 Å². The topological polar surface area (TPSA) is 26.3 Å². The highest BCUT2D eigenvalue weighted by molar-refractivity contribution is 6.35. The van der Waals surface area contributed by atoms with Gasteiger partial charge >= 0.3 is 0 Å². The molecule has 2 nitrogen and oxygen atoms in total. The van der Waals surface area contributed by atoms with Crippen molar-refractivity contribution in [1.29, 1.82) is 0 Å². The number of hydrogen-bond donors (Lipinski definition) is 0. The van der Waals surface area contributed by atoms with Crippen LogP contribution in [0.3, 0.4) is 0 Å². The summed E-state index contributed by atoms with van der Waals surface area (Å²) in [6.45, 7) is 0. The van der Waals surface area contributed by atoms with Crippen LogP contribution in [-0.4, -0.2) is 11.9 Å². The number of hydrogen-bond acceptors (Lipinski definition) is 2. The van der Waals surface area contributed by atoms with Crippen molar-refractivity contribution < 1.29 is 9.53 Å². The fraction of sp³-hybridized carbons (Fsp3) is 0.417. The molecule has 4 heteroatoms. The molecule has 1 saturated carbocycles. The van der Waals surface area contributed by atoms with E-state index in [1.54, 1.807) is 18.2 Å². The van der Waals surface area contributed by atoms with Gasteiger partial charge in [-0.2, -0.15) is 0 Å². The molecule has 86 valence electrons. The first-order valence-electron chi connectivity index (χ1n) is 5.31. The second-order valence-corrected chi connectivity index (χ2v) is 4.74. The summed E-state index contributed by atoms with van der Waals surface area (Å²) in [6.07, 6.45) is 3.04. The SMILES string of the molecule is O=C1CCCCC1Oc1ccc(Cl)cc1Cl. The Morgan fingerprint density at radius 1 is 1.25 bits per heavy atom. The number of carbonyl (C=O) groups excluding carboxylic acids is 1. The van der Waals surface area contributed by atoms with Gasteiger partial charge in [-0.3, -0.25) is 4.79 Å². The fourth-order valence-corrected chi connectivity index (χ4v) is 2.25. The zero-order valence-corrected chi connectivity index (χ0v) is 10.2. The third-order valence-corrected chi connectivity index (χ3v) is 3.19. The van der Waals surface area contributed by atoms with Gasteiger partial charge in [-0.05, 0) is 37.5 Å². The van der Waals surface area contributed by atoms with Crippen LogP contribution in [0, 0.1) is 0 Å². The molecular weight excluding hydrogens is 247 g/mol. The van der Waals surface area contributed by atoms with Crippen molar-refractivity contribution in [2.24, 2.45) is 0 Å². The first kappa shape index (κ1) is 11.7. The number of carbonyl (C=O) groups is 1. The summed E-state index contributed by atoms with van der Waals surface area (Å²) in [7, 11) is 0. The summed E-state index contributed by atoms with van der Waals surface area (Å²) >= 11 is 11.8. The van der Waals surface area contributed by atoms with Crippen LogP contribution in [0.15, 0.2) is 18.2 Å². The summed E-state index contributed by atoms with van der Waals surface area (Å²) in [5.41, 5.74) is 0. The number of benzene rings is 1. The minimum atomic E-state index is -0.340. The molecule has 1 aliphatic carbocycles. The molecule has 16 heavy (non-hydrogen) atoms. The summed E-state index contributed by atoms with van der Waals surface area (Å²) in [5.74, 6) is 0.698. The first-order valence-corrected chi connectivity index (χ1v) is 6.07. The van der Waals surface area contributed by atoms with Crippen LogP contribution in [0.4, 0.5) is 0 Å². The highest BCUT2D eigenvalue weighted by Crippen LogP contribution is 2.30. The number of rotatable bonds is 2. The maximum absolute atomic E-state index is 11.6. The van der Waals surface area contributed by atoms with E-state index < -0.39 is 0 Å². The van der Waals surface area contributed by atoms with Gasteiger partial charge in [0, 0.05) is 11.4 Å². The lowest BCUT2D eigenvalue weighted by atomic mass is 9.96. The third-order valence-electron chi connectivity index (χ3n) is 2.66. The Labute approximate surface area is 104 Å². The largest absolute Gasteiger partial charge is 0.481 e. The first-order chi connectivity index (χ1) is 7.66. The molecule has 2 rings (SSSR count). The van der Waals surface area contributed by atoms with E-state index in [2.05, 4.69) is 0 Å². The molecule has 0 radical (unpaired) electrons. The van der Waals surface area contributed by atoms with Crippen LogP contribution in [0.2, 0.25) is 10.0 Å². The van der Waals surface area contributed by atoms with Gasteiger partial charge < -0.3 is 4.74 Å². The van der Waals surface area contributed by atoms with Crippen LogP contribution in [-0.2, 0) is 4.79 Å². The van der Waals surface area contributed by atoms with Gasteiger partial charge in [-0.25, -0.2) is 0 Å². The molecule has 1 aliphatic rings. The van der Waals surface area contributed by atoms with E-state index in [-0.39, 0.29) is 11.9 Å². The van der Waals surface area contributed by atoms with Crippen molar-refractivity contribution in [2.45, 2.75) is 31.8 Å². The lowest BCUT2D eigenvalue weighted by molar-refractivity contribution is -0.127. The fourth-order valence-electron chi connectivity index (χ4n) is 1.80. The van der Waals surface area contributed by atoms with Crippen molar-refractivity contribution in [1.82, 2.24) is 0 Å². The monoisotopic (exact) mass is 258 g/mol. The second kappa shape index (κ2) is 5.07. The molecule has 1 aromatic carbocycles. The third kappa shape index (κ3) is 2.69. The number of Topliss-reactive ketones (excluding diaryl/α,β-unsaturated/α-hetero) is 1. The summed E-state index contributed by atoms with van der Waals surface area (Å²) in [6, 6.07) is 5.02. The van der Waals surface area contributed by atoms with E-state index in [1.807, 2.05) is 0 Å². The highest BCUT2D eigenvalue weighted by Gasteiger charge is 2.24. The van der Waals surface area contributed by atoms with E-state index in [4.69, 9.17) is 27.9 Å². The van der Waals surface area contributed by atoms with Crippen molar-refractivity contribution in [3.8, 4) is 5.75 Å². The summed E-state index contributed by atoms with van der Waals surface area (Å²) in [4.78, 5) is 11.6. The maximum atomic E-state index is 11.6. The molecule has 0 spiro atoms. The van der Waals surface area contributed by atoms with Crippen LogP contribution >= 0.6 is 23.2 Å². The number of halogens is 2. The zero-order chi connectivity index (χ0) is 11.5. The van der Waals surface area contributed by atoms with E-state index >= 15 is 0 Å². The van der Waals surface area contributed by atoms with Gasteiger partial charge in [-0.1, -0.05) is 23.2 Å². The van der Waals surface area contributed by atoms with Gasteiger partial charge in [-0.15, -0.1) is 0 Å². The second-order valence-electron chi connectivity index (χ2n) is 3.89. The Bertz CT molecular complexity index is 404. The van der Waals surface area contributed by atoms with Gasteiger partial charge in [0.25, 0.3) is 0 Å². The van der Waals surface area contributed by atoms with Crippen molar-refractivity contribution in [3.63, 3.8) is 0 Å². The van der Waals surface area contributed by atoms with E-state index in [1.165, 1.54) is 0 Å². The average Bonchev–Trinajstić information content (AvgIpc) is 2.25. The Hall–Kier alpha value is -0.730. The average molecular weight is 259 g/mol. The van der Waals surface area contributed by atoms with E-state index in [9.17, 15) is 4.79 Å². The summed E-state index contributed by atoms with van der Waals surface area (Å²) in [5, 5.41) is 1.01. The maximum Gasteiger partial charge on any atom is 0.173 e. The van der Waals surface area contributed by atoms with E-state index in [0.29, 0.717) is 22.2 Å². The van der Waals surface area contributed by atoms with E-state index in [0.717, 1.165) is 19.3 Å². The molecule has 0 saturated heterocycles. The minimum Gasteiger partial charge on any atom is -0.481 e. The van der Waals surface area contributed by atoms with Crippen LogP contribution in [0.25, 0.3) is 0 Å². The zero-order valence-electron chi connectivity index (χ0n) is 8.71. The minimum absolute atomic E-state index is 0.164. The van der Waals surface area contributed by atoms with Crippen LogP contribution in [0.5, 0.6) is 5.75 Å². The molecule has 1 atom stereocenters. The van der Waals surface area contributed by atoms with Crippen LogP contribution in [0.1, 0.15) is 25.7 Å². The molecule has 0 bridgehead atoms. The quantitative estimate of drug-likeness (QED) is 0.805. The van der Waals surface area contributed by atoms with Crippen molar-refractivity contribution in [2.75, 3.05) is 0 Å². The molecule has 0 heterocycles. The lowest BCUT2D eigenvalue weighted by Gasteiger charge is -2.22. The Morgan fingerprint density at radius 3 is 2.75 bits per heavy atom. The predicted octanol–water partition coefficient (Wildman–Crippen LogP) is 3.88. The molecule has 1 aromatic rings. The molecule has 1 unspecified atom stereocenters. The molecule has 1 fully saturated rings. The Kier molecular flexibility index (Phi) is 3.72. The predicted molar refractivity (Wildman–Crippen MR) is 64.4 cm³/mol. The lowest BCUT2D eigenvalue weighted by Crippen LogP contribution is -2.30.